The summed E-state index contributed by atoms with van der Waals surface area (Å²) in [7, 11) is 0. The Kier molecular flexibility index (Phi) is 4.22. The predicted molar refractivity (Wildman–Crippen MR) is 83.6 cm³/mol. The number of ether oxygens (including phenoxy) is 2. The molecule has 0 amide bonds. The van der Waals surface area contributed by atoms with Gasteiger partial charge in [0.2, 0.25) is 0 Å². The lowest BCUT2D eigenvalue weighted by molar-refractivity contribution is 0.291. The fraction of sp³-hybridized carbons (Fsp3) is 0.625. The molecule has 0 spiro atoms. The van der Waals surface area contributed by atoms with Gasteiger partial charge in [-0.3, -0.25) is 0 Å². The van der Waals surface area contributed by atoms with Crippen LogP contribution in [0.2, 0.25) is 0 Å². The van der Waals surface area contributed by atoms with Crippen LogP contribution in [0.15, 0.2) is 16.6 Å². The summed E-state index contributed by atoms with van der Waals surface area (Å²) in [5, 5.41) is 0. The van der Waals surface area contributed by atoms with Gasteiger partial charge in [0, 0.05) is 18.4 Å². The molecule has 0 saturated heterocycles. The molecule has 0 aromatic heterocycles. The zero-order valence-corrected chi connectivity index (χ0v) is 13.4. The molecule has 4 heteroatoms. The van der Waals surface area contributed by atoms with Gasteiger partial charge in [-0.15, -0.1) is 0 Å². The third-order valence-electron chi connectivity index (χ3n) is 4.63. The van der Waals surface area contributed by atoms with Crippen molar-refractivity contribution in [3.8, 4) is 11.5 Å². The lowest BCUT2D eigenvalue weighted by Crippen LogP contribution is -2.37. The predicted octanol–water partition coefficient (Wildman–Crippen LogP) is 3.77. The minimum absolute atomic E-state index is 0.0990. The Labute approximate surface area is 129 Å². The van der Waals surface area contributed by atoms with Gasteiger partial charge in [0.25, 0.3) is 0 Å². The highest BCUT2D eigenvalue weighted by Crippen LogP contribution is 2.47. The number of hydrogen-bond donors (Lipinski definition) is 1. The van der Waals surface area contributed by atoms with Crippen LogP contribution in [0, 0.1) is 0 Å². The second-order valence-corrected chi connectivity index (χ2v) is 6.64. The van der Waals surface area contributed by atoms with Crippen molar-refractivity contribution in [3.05, 3.63) is 22.2 Å². The van der Waals surface area contributed by atoms with Crippen LogP contribution >= 0.6 is 15.9 Å². The highest BCUT2D eigenvalue weighted by atomic mass is 79.9. The molecule has 110 valence electrons. The summed E-state index contributed by atoms with van der Waals surface area (Å²) in [5.74, 6) is 1.71. The first kappa shape index (κ1) is 14.2. The summed E-state index contributed by atoms with van der Waals surface area (Å²) < 4.78 is 12.7. The summed E-state index contributed by atoms with van der Waals surface area (Å²) in [5.41, 5.74) is 7.55. The normalized spacial score (nSPS) is 21.3. The van der Waals surface area contributed by atoms with E-state index < -0.39 is 0 Å². The fourth-order valence-corrected chi connectivity index (χ4v) is 4.29. The largest absolute Gasteiger partial charge is 0.490 e. The molecule has 1 fully saturated rings. The van der Waals surface area contributed by atoms with Gasteiger partial charge in [0.05, 0.1) is 17.7 Å². The molecule has 0 unspecified atom stereocenters. The minimum atomic E-state index is 0.0990. The third kappa shape index (κ3) is 2.44. The Balaban J connectivity index is 2.03. The van der Waals surface area contributed by atoms with E-state index in [-0.39, 0.29) is 5.41 Å². The Morgan fingerprint density at radius 2 is 1.80 bits per heavy atom. The molecule has 2 N–H and O–H groups in total. The van der Waals surface area contributed by atoms with Crippen molar-refractivity contribution in [1.82, 2.24) is 0 Å². The maximum absolute atomic E-state index is 6.15. The number of rotatable bonds is 2. The van der Waals surface area contributed by atoms with Gasteiger partial charge in [0.15, 0.2) is 11.5 Å². The molecule has 2 aliphatic rings. The van der Waals surface area contributed by atoms with Crippen molar-refractivity contribution in [2.75, 3.05) is 19.8 Å². The molecule has 0 bridgehead atoms. The monoisotopic (exact) mass is 339 g/mol. The number of hydrogen-bond acceptors (Lipinski definition) is 3. The molecule has 3 nitrogen and oxygen atoms in total. The third-order valence-corrected chi connectivity index (χ3v) is 5.41. The van der Waals surface area contributed by atoms with E-state index >= 15 is 0 Å². The second-order valence-electron chi connectivity index (χ2n) is 5.85. The summed E-state index contributed by atoms with van der Waals surface area (Å²) >= 11 is 3.75. The molecule has 20 heavy (non-hydrogen) atoms. The Hall–Kier alpha value is -0.740. The maximum atomic E-state index is 6.15. The molecule has 1 aromatic rings. The van der Waals surface area contributed by atoms with E-state index in [0.717, 1.165) is 29.0 Å². The van der Waals surface area contributed by atoms with Gasteiger partial charge >= 0.3 is 0 Å². The summed E-state index contributed by atoms with van der Waals surface area (Å²) in [4.78, 5) is 0. The number of fused-ring (bicyclic) bond motifs is 1. The van der Waals surface area contributed by atoms with Crippen LogP contribution in [0.25, 0.3) is 0 Å². The lowest BCUT2D eigenvalue weighted by Gasteiger charge is -2.38. The first-order chi connectivity index (χ1) is 9.77. The first-order valence-electron chi connectivity index (χ1n) is 7.55. The van der Waals surface area contributed by atoms with E-state index in [4.69, 9.17) is 15.2 Å². The van der Waals surface area contributed by atoms with Crippen LogP contribution < -0.4 is 15.2 Å². The van der Waals surface area contributed by atoms with Gasteiger partial charge in [-0.05, 0) is 40.4 Å². The van der Waals surface area contributed by atoms with E-state index in [2.05, 4.69) is 22.0 Å². The van der Waals surface area contributed by atoms with Crippen molar-refractivity contribution in [2.24, 2.45) is 5.73 Å². The summed E-state index contributed by atoms with van der Waals surface area (Å²) in [6, 6.07) is 4.22. The van der Waals surface area contributed by atoms with Gasteiger partial charge < -0.3 is 15.2 Å². The van der Waals surface area contributed by atoms with E-state index in [1.165, 1.54) is 37.7 Å². The molecule has 0 atom stereocenters. The summed E-state index contributed by atoms with van der Waals surface area (Å²) in [6.07, 6.45) is 7.11. The topological polar surface area (TPSA) is 44.5 Å². The van der Waals surface area contributed by atoms with Crippen LogP contribution in [-0.2, 0) is 5.41 Å². The Morgan fingerprint density at radius 1 is 1.05 bits per heavy atom. The first-order valence-corrected chi connectivity index (χ1v) is 8.35. The van der Waals surface area contributed by atoms with Gasteiger partial charge in [-0.1, -0.05) is 25.3 Å². The van der Waals surface area contributed by atoms with Gasteiger partial charge in [-0.2, -0.15) is 0 Å². The standard InChI is InChI=1S/C16H22BrNO2/c17-14-12(16(11-18)7-2-1-3-8-16)5-6-13-15(14)20-10-4-9-19-13/h5-6H,1-4,7-11,18H2. The molecule has 1 aliphatic carbocycles. The molecular weight excluding hydrogens is 318 g/mol. The van der Waals surface area contributed by atoms with E-state index in [9.17, 15) is 0 Å². The molecule has 1 saturated carbocycles. The molecule has 1 heterocycles. The number of nitrogens with two attached hydrogens (primary N) is 1. The minimum Gasteiger partial charge on any atom is -0.490 e. The van der Waals surface area contributed by atoms with Crippen LogP contribution in [0.5, 0.6) is 11.5 Å². The van der Waals surface area contributed by atoms with E-state index in [1.54, 1.807) is 0 Å². The molecule has 1 aliphatic heterocycles. The van der Waals surface area contributed by atoms with Gasteiger partial charge in [0.1, 0.15) is 0 Å². The lowest BCUT2D eigenvalue weighted by atomic mass is 9.69. The maximum Gasteiger partial charge on any atom is 0.175 e. The van der Waals surface area contributed by atoms with Gasteiger partial charge in [-0.25, -0.2) is 0 Å². The Bertz CT molecular complexity index is 484. The van der Waals surface area contributed by atoms with Crippen LogP contribution in [0.3, 0.4) is 0 Å². The van der Waals surface area contributed by atoms with Crippen molar-refractivity contribution in [2.45, 2.75) is 43.9 Å². The fourth-order valence-electron chi connectivity index (χ4n) is 3.42. The van der Waals surface area contributed by atoms with Crippen LogP contribution in [0.4, 0.5) is 0 Å². The molecule has 1 aromatic carbocycles. The zero-order valence-electron chi connectivity index (χ0n) is 11.8. The highest BCUT2D eigenvalue weighted by Gasteiger charge is 2.35. The molecule has 3 rings (SSSR count). The average molecular weight is 340 g/mol. The molecular formula is C16H22BrNO2. The zero-order chi connectivity index (χ0) is 14.0. The van der Waals surface area contributed by atoms with Crippen LogP contribution in [0.1, 0.15) is 44.1 Å². The summed E-state index contributed by atoms with van der Waals surface area (Å²) in [6.45, 7) is 2.14. The van der Waals surface area contributed by atoms with Crippen molar-refractivity contribution in [1.29, 1.82) is 0 Å². The Morgan fingerprint density at radius 3 is 2.55 bits per heavy atom. The van der Waals surface area contributed by atoms with Crippen molar-refractivity contribution < 1.29 is 9.47 Å². The van der Waals surface area contributed by atoms with E-state index in [0.29, 0.717) is 13.2 Å². The number of halogens is 1. The second kappa shape index (κ2) is 5.94. The highest BCUT2D eigenvalue weighted by molar-refractivity contribution is 9.10. The smallest absolute Gasteiger partial charge is 0.175 e. The van der Waals surface area contributed by atoms with E-state index in [1.807, 2.05) is 6.07 Å². The van der Waals surface area contributed by atoms with Crippen molar-refractivity contribution in [3.63, 3.8) is 0 Å². The van der Waals surface area contributed by atoms with Crippen LogP contribution in [-0.4, -0.2) is 19.8 Å². The SMILES string of the molecule is NCC1(c2ccc3c(c2Br)OCCCO3)CCCCC1. The quantitative estimate of drug-likeness (QED) is 0.891. The molecule has 0 radical (unpaired) electrons. The van der Waals surface area contributed by atoms with Crippen molar-refractivity contribution >= 4 is 15.9 Å². The number of benzene rings is 1. The average Bonchev–Trinajstić information content (AvgIpc) is 2.74.